The lowest BCUT2D eigenvalue weighted by atomic mass is 10.3. The maximum Gasteiger partial charge on any atom is 0.356 e. The van der Waals surface area contributed by atoms with Gasteiger partial charge in [-0.15, -0.1) is 0 Å². The molecule has 0 N–H and O–H groups in total. The van der Waals surface area contributed by atoms with Crippen molar-refractivity contribution < 1.29 is 9.53 Å². The third-order valence-corrected chi connectivity index (χ3v) is 1.01. The minimum atomic E-state index is -0.435. The van der Waals surface area contributed by atoms with E-state index in [1.165, 1.54) is 7.11 Å². The summed E-state index contributed by atoms with van der Waals surface area (Å²) in [5.41, 5.74) is 1.10. The highest BCUT2D eigenvalue weighted by Gasteiger charge is 2.07. The molecule has 0 rings (SSSR count). The molecular weight excluding hydrogens is 130 g/mol. The molecular formula is C7H11NO2. The van der Waals surface area contributed by atoms with Crippen molar-refractivity contribution in [2.24, 2.45) is 4.99 Å². The molecule has 0 radical (unpaired) electrons. The summed E-state index contributed by atoms with van der Waals surface area (Å²) in [7, 11) is 1.32. The van der Waals surface area contributed by atoms with Crippen LogP contribution in [0.15, 0.2) is 16.3 Å². The molecule has 0 saturated carbocycles. The van der Waals surface area contributed by atoms with Gasteiger partial charge in [-0.3, -0.25) is 4.99 Å². The number of nitrogens with zero attached hydrogens (tertiary/aromatic N) is 1. The minimum absolute atomic E-state index is 0.294. The number of allylic oxidation sites excluding steroid dienone is 1. The highest BCUT2D eigenvalue weighted by atomic mass is 16.5. The van der Waals surface area contributed by atoms with Crippen LogP contribution in [0, 0.1) is 0 Å². The first-order valence-corrected chi connectivity index (χ1v) is 2.86. The number of esters is 1. The molecule has 0 aliphatic carbocycles. The van der Waals surface area contributed by atoms with Gasteiger partial charge in [0.05, 0.1) is 7.11 Å². The fourth-order valence-corrected chi connectivity index (χ4v) is 0.523. The molecule has 3 heteroatoms. The smallest absolute Gasteiger partial charge is 0.356 e. The largest absolute Gasteiger partial charge is 0.464 e. The molecule has 56 valence electrons. The monoisotopic (exact) mass is 141 g/mol. The summed E-state index contributed by atoms with van der Waals surface area (Å²) in [6.45, 7) is 6.80. The predicted molar refractivity (Wildman–Crippen MR) is 39.9 cm³/mol. The van der Waals surface area contributed by atoms with Crippen LogP contribution >= 0.6 is 0 Å². The highest BCUT2D eigenvalue weighted by molar-refractivity contribution is 5.89. The molecule has 10 heavy (non-hydrogen) atoms. The van der Waals surface area contributed by atoms with Gasteiger partial charge in [0.1, 0.15) is 5.70 Å². The van der Waals surface area contributed by atoms with Crippen LogP contribution in [0.3, 0.4) is 0 Å². The average Bonchev–Trinajstić information content (AvgIpc) is 1.88. The van der Waals surface area contributed by atoms with Gasteiger partial charge >= 0.3 is 5.97 Å². The number of hydrogen-bond donors (Lipinski definition) is 0. The van der Waals surface area contributed by atoms with Crippen LogP contribution in [-0.4, -0.2) is 19.8 Å². The number of hydrogen-bond acceptors (Lipinski definition) is 3. The number of aliphatic imine (C=N–C) groups is 1. The van der Waals surface area contributed by atoms with Crippen LogP contribution in [0.25, 0.3) is 0 Å². The Morgan fingerprint density at radius 3 is 2.10 bits per heavy atom. The van der Waals surface area contributed by atoms with E-state index in [0.717, 1.165) is 5.57 Å². The van der Waals surface area contributed by atoms with Crippen LogP contribution in [0.5, 0.6) is 0 Å². The minimum Gasteiger partial charge on any atom is -0.464 e. The second kappa shape index (κ2) is 3.82. The highest BCUT2D eigenvalue weighted by Crippen LogP contribution is 2.04. The van der Waals surface area contributed by atoms with E-state index in [-0.39, 0.29) is 0 Å². The van der Waals surface area contributed by atoms with E-state index in [1.54, 1.807) is 13.8 Å². The molecule has 3 nitrogen and oxygen atoms in total. The van der Waals surface area contributed by atoms with E-state index < -0.39 is 5.97 Å². The van der Waals surface area contributed by atoms with Gasteiger partial charge < -0.3 is 4.74 Å². The van der Waals surface area contributed by atoms with Crippen molar-refractivity contribution in [2.45, 2.75) is 13.8 Å². The lowest BCUT2D eigenvalue weighted by Gasteiger charge is -1.99. The van der Waals surface area contributed by atoms with Crippen LogP contribution < -0.4 is 0 Å². The number of methoxy groups -OCH3 is 1. The third-order valence-electron chi connectivity index (χ3n) is 1.01. The Hall–Kier alpha value is -1.12. The van der Waals surface area contributed by atoms with E-state index in [4.69, 9.17) is 0 Å². The molecule has 0 aromatic carbocycles. The first-order valence-electron chi connectivity index (χ1n) is 2.86. The predicted octanol–water partition coefficient (Wildman–Crippen LogP) is 1.15. The Morgan fingerprint density at radius 1 is 1.50 bits per heavy atom. The van der Waals surface area contributed by atoms with Crippen LogP contribution in [0.2, 0.25) is 0 Å². The second-order valence-corrected chi connectivity index (χ2v) is 2.00. The Morgan fingerprint density at radius 2 is 2.00 bits per heavy atom. The number of ether oxygens (including phenoxy) is 1. The van der Waals surface area contributed by atoms with Crippen molar-refractivity contribution in [2.75, 3.05) is 7.11 Å². The summed E-state index contributed by atoms with van der Waals surface area (Å²) in [6, 6.07) is 0. The molecule has 0 aromatic rings. The third kappa shape index (κ3) is 2.01. The summed E-state index contributed by atoms with van der Waals surface area (Å²) >= 11 is 0. The topological polar surface area (TPSA) is 38.7 Å². The van der Waals surface area contributed by atoms with Gasteiger partial charge in [0.25, 0.3) is 0 Å². The molecule has 0 heterocycles. The molecule has 0 aliphatic rings. The second-order valence-electron chi connectivity index (χ2n) is 2.00. The Balaban J connectivity index is 4.53. The van der Waals surface area contributed by atoms with E-state index >= 15 is 0 Å². The van der Waals surface area contributed by atoms with Crippen molar-refractivity contribution in [3.05, 3.63) is 11.3 Å². The molecule has 0 amide bonds. The van der Waals surface area contributed by atoms with E-state index in [0.29, 0.717) is 5.70 Å². The van der Waals surface area contributed by atoms with E-state index in [9.17, 15) is 4.79 Å². The molecule has 0 unspecified atom stereocenters. The Bertz CT molecular complexity index is 178. The normalized spacial score (nSPS) is 8.30. The zero-order chi connectivity index (χ0) is 8.15. The molecule has 0 atom stereocenters. The van der Waals surface area contributed by atoms with Crippen molar-refractivity contribution >= 4 is 12.7 Å². The zero-order valence-electron chi connectivity index (χ0n) is 6.47. The quantitative estimate of drug-likeness (QED) is 0.329. The number of rotatable bonds is 2. The summed E-state index contributed by atoms with van der Waals surface area (Å²) in [5.74, 6) is -0.435. The van der Waals surface area contributed by atoms with Gasteiger partial charge in [0, 0.05) is 0 Å². The van der Waals surface area contributed by atoms with Gasteiger partial charge in [0.15, 0.2) is 0 Å². The standard InChI is InChI=1S/C7H11NO2/c1-5(2)6(8-3)7(9)10-4/h3H2,1-2,4H3. The fourth-order valence-electron chi connectivity index (χ4n) is 0.523. The van der Waals surface area contributed by atoms with Crippen molar-refractivity contribution in [1.29, 1.82) is 0 Å². The molecule has 0 fully saturated rings. The number of carbonyl (C=O) groups excluding carboxylic acids is 1. The molecule has 0 aromatic heterocycles. The van der Waals surface area contributed by atoms with Crippen molar-refractivity contribution in [3.63, 3.8) is 0 Å². The maximum atomic E-state index is 10.8. The van der Waals surface area contributed by atoms with Crippen LogP contribution in [0.4, 0.5) is 0 Å². The van der Waals surface area contributed by atoms with Crippen LogP contribution in [0.1, 0.15) is 13.8 Å². The summed E-state index contributed by atoms with van der Waals surface area (Å²) in [6.07, 6.45) is 0. The van der Waals surface area contributed by atoms with Crippen molar-refractivity contribution in [3.8, 4) is 0 Å². The first-order chi connectivity index (χ1) is 4.63. The summed E-state index contributed by atoms with van der Waals surface area (Å²) < 4.78 is 4.43. The molecule has 0 aliphatic heterocycles. The van der Waals surface area contributed by atoms with Gasteiger partial charge in [0.2, 0.25) is 0 Å². The lowest BCUT2D eigenvalue weighted by molar-refractivity contribution is -0.136. The van der Waals surface area contributed by atoms with Gasteiger partial charge in [-0.2, -0.15) is 0 Å². The fraction of sp³-hybridized carbons (Fsp3) is 0.429. The lowest BCUT2D eigenvalue weighted by Crippen LogP contribution is -2.03. The Kier molecular flexibility index (Phi) is 3.39. The molecule has 0 spiro atoms. The van der Waals surface area contributed by atoms with Crippen molar-refractivity contribution in [1.82, 2.24) is 0 Å². The summed E-state index contributed by atoms with van der Waals surface area (Å²) in [4.78, 5) is 14.3. The van der Waals surface area contributed by atoms with E-state index in [1.807, 2.05) is 0 Å². The molecule has 0 bridgehead atoms. The van der Waals surface area contributed by atoms with Gasteiger partial charge in [-0.1, -0.05) is 0 Å². The first kappa shape index (κ1) is 8.88. The SMILES string of the molecule is C=NC(C(=O)OC)=C(C)C. The van der Waals surface area contributed by atoms with Gasteiger partial charge in [-0.25, -0.2) is 4.79 Å². The zero-order valence-corrected chi connectivity index (χ0v) is 6.47. The molecule has 0 saturated heterocycles. The summed E-state index contributed by atoms with van der Waals surface area (Å²) in [5, 5.41) is 0. The van der Waals surface area contributed by atoms with E-state index in [2.05, 4.69) is 16.4 Å². The maximum absolute atomic E-state index is 10.8. The average molecular weight is 141 g/mol. The Labute approximate surface area is 60.4 Å². The van der Waals surface area contributed by atoms with Crippen LogP contribution in [-0.2, 0) is 9.53 Å². The number of carbonyl (C=O) groups is 1. The van der Waals surface area contributed by atoms with Gasteiger partial charge in [-0.05, 0) is 26.1 Å².